The van der Waals surface area contributed by atoms with Gasteiger partial charge in [-0.2, -0.15) is 0 Å². The van der Waals surface area contributed by atoms with Crippen molar-refractivity contribution in [3.63, 3.8) is 0 Å². The van der Waals surface area contributed by atoms with E-state index in [0.717, 1.165) is 11.3 Å². The molecule has 3 heterocycles. The van der Waals surface area contributed by atoms with E-state index < -0.39 is 5.97 Å². The van der Waals surface area contributed by atoms with Gasteiger partial charge in [-0.25, -0.2) is 14.5 Å². The highest BCUT2D eigenvalue weighted by Gasteiger charge is 2.18. The third-order valence-electron chi connectivity index (χ3n) is 2.96. The van der Waals surface area contributed by atoms with E-state index in [4.69, 9.17) is 10.8 Å². The molecule has 0 aliphatic heterocycles. The van der Waals surface area contributed by atoms with Crippen molar-refractivity contribution in [3.8, 4) is 0 Å². The van der Waals surface area contributed by atoms with Crippen molar-refractivity contribution in [1.82, 2.24) is 24.4 Å². The first-order valence-electron chi connectivity index (χ1n) is 5.97. The molecule has 0 spiro atoms. The van der Waals surface area contributed by atoms with Crippen LogP contribution < -0.4 is 5.73 Å². The van der Waals surface area contributed by atoms with Gasteiger partial charge < -0.3 is 15.2 Å². The van der Waals surface area contributed by atoms with Crippen LogP contribution in [0.15, 0.2) is 30.6 Å². The van der Waals surface area contributed by atoms with Crippen molar-refractivity contribution < 1.29 is 9.90 Å². The minimum atomic E-state index is -1.13. The molecule has 0 bridgehead atoms. The maximum Gasteiger partial charge on any atom is 0.358 e. The predicted molar refractivity (Wildman–Crippen MR) is 69.2 cm³/mol. The van der Waals surface area contributed by atoms with Crippen molar-refractivity contribution in [2.45, 2.75) is 13.1 Å². The summed E-state index contributed by atoms with van der Waals surface area (Å²) in [6.07, 6.45) is 3.75. The third-order valence-corrected chi connectivity index (χ3v) is 2.96. The summed E-state index contributed by atoms with van der Waals surface area (Å²) in [4.78, 5) is 15.4. The normalized spacial score (nSPS) is 11.1. The van der Waals surface area contributed by atoms with Crippen LogP contribution in [0, 0.1) is 0 Å². The molecule has 8 nitrogen and oxygen atoms in total. The van der Waals surface area contributed by atoms with Crippen molar-refractivity contribution in [1.29, 1.82) is 0 Å². The zero-order valence-corrected chi connectivity index (χ0v) is 10.5. The molecule has 0 aromatic carbocycles. The highest BCUT2D eigenvalue weighted by atomic mass is 16.4. The Morgan fingerprint density at radius 2 is 2.25 bits per heavy atom. The van der Waals surface area contributed by atoms with Crippen LogP contribution in [0.2, 0.25) is 0 Å². The molecule has 20 heavy (non-hydrogen) atoms. The average molecular weight is 272 g/mol. The average Bonchev–Trinajstić information content (AvgIpc) is 3.01. The first-order valence-corrected chi connectivity index (χ1v) is 5.97. The van der Waals surface area contributed by atoms with Gasteiger partial charge in [-0.3, -0.25) is 0 Å². The van der Waals surface area contributed by atoms with Gasteiger partial charge in [0.15, 0.2) is 5.69 Å². The summed E-state index contributed by atoms with van der Waals surface area (Å²) in [5.74, 6) is -1.13. The Morgan fingerprint density at radius 3 is 2.95 bits per heavy atom. The molecule has 0 atom stereocenters. The molecule has 102 valence electrons. The number of hydrogen-bond acceptors (Lipinski definition) is 5. The van der Waals surface area contributed by atoms with Gasteiger partial charge >= 0.3 is 5.97 Å². The largest absolute Gasteiger partial charge is 0.476 e. The topological polar surface area (TPSA) is 111 Å². The van der Waals surface area contributed by atoms with Crippen LogP contribution in [-0.2, 0) is 13.1 Å². The highest BCUT2D eigenvalue weighted by Crippen LogP contribution is 2.09. The molecule has 0 aliphatic carbocycles. The summed E-state index contributed by atoms with van der Waals surface area (Å²) in [7, 11) is 0. The van der Waals surface area contributed by atoms with Crippen LogP contribution in [0.25, 0.3) is 5.65 Å². The molecule has 0 unspecified atom stereocenters. The second-order valence-corrected chi connectivity index (χ2v) is 4.25. The molecule has 0 aliphatic rings. The summed E-state index contributed by atoms with van der Waals surface area (Å²) in [5.41, 5.74) is 7.41. The molecule has 0 amide bonds. The van der Waals surface area contributed by atoms with Crippen LogP contribution in [0.1, 0.15) is 21.9 Å². The summed E-state index contributed by atoms with van der Waals surface area (Å²) in [6.45, 7) is 0.385. The lowest BCUT2D eigenvalue weighted by molar-refractivity contribution is 0.0689. The lowest BCUT2D eigenvalue weighted by Crippen LogP contribution is -2.13. The fourth-order valence-electron chi connectivity index (χ4n) is 2.04. The SMILES string of the molecule is NCc1c(C(=O)O)nnn1Cc1cn2ccccc2n1. The van der Waals surface area contributed by atoms with E-state index >= 15 is 0 Å². The number of carboxylic acids is 1. The number of pyridine rings is 1. The Kier molecular flexibility index (Phi) is 2.92. The fourth-order valence-corrected chi connectivity index (χ4v) is 2.04. The van der Waals surface area contributed by atoms with Crippen LogP contribution in [-0.4, -0.2) is 35.5 Å². The predicted octanol–water partition coefficient (Wildman–Crippen LogP) is 0.131. The number of rotatable bonds is 4. The second kappa shape index (κ2) is 4.74. The number of aromatic carboxylic acids is 1. The lowest BCUT2D eigenvalue weighted by atomic mass is 10.3. The maximum absolute atomic E-state index is 11.0. The van der Waals surface area contributed by atoms with Crippen LogP contribution >= 0.6 is 0 Å². The summed E-state index contributed by atoms with van der Waals surface area (Å²) in [6, 6.07) is 5.69. The number of aromatic nitrogens is 5. The number of nitrogens with two attached hydrogens (primary N) is 1. The molecular formula is C12H12N6O2. The molecule has 3 N–H and O–H groups in total. The quantitative estimate of drug-likeness (QED) is 0.698. The Morgan fingerprint density at radius 1 is 1.40 bits per heavy atom. The van der Waals surface area contributed by atoms with Gasteiger partial charge in [0.2, 0.25) is 0 Å². The number of carbonyl (C=O) groups is 1. The second-order valence-electron chi connectivity index (χ2n) is 4.25. The van der Waals surface area contributed by atoms with E-state index in [2.05, 4.69) is 15.3 Å². The molecule has 3 aromatic heterocycles. The third kappa shape index (κ3) is 2.01. The Labute approximate surface area is 113 Å². The molecule has 0 radical (unpaired) electrons. The Bertz CT molecular complexity index is 742. The van der Waals surface area contributed by atoms with Gasteiger partial charge in [0.25, 0.3) is 0 Å². The van der Waals surface area contributed by atoms with Crippen LogP contribution in [0.5, 0.6) is 0 Å². The molecule has 8 heteroatoms. The lowest BCUT2D eigenvalue weighted by Gasteiger charge is -2.02. The molecule has 3 rings (SSSR count). The molecule has 0 saturated heterocycles. The van der Waals surface area contributed by atoms with Gasteiger partial charge in [0.1, 0.15) is 5.65 Å². The van der Waals surface area contributed by atoms with Crippen molar-refractivity contribution in [2.75, 3.05) is 0 Å². The van der Waals surface area contributed by atoms with Crippen LogP contribution in [0.4, 0.5) is 0 Å². The molecular weight excluding hydrogens is 260 g/mol. The van der Waals surface area contributed by atoms with E-state index in [1.165, 1.54) is 4.68 Å². The standard InChI is InChI=1S/C12H12N6O2/c13-5-9-11(12(19)20)15-16-18(9)7-8-6-17-4-2-1-3-10(17)14-8/h1-4,6H,5,7,13H2,(H,19,20). The monoisotopic (exact) mass is 272 g/mol. The summed E-state index contributed by atoms with van der Waals surface area (Å²) >= 11 is 0. The minimum Gasteiger partial charge on any atom is -0.476 e. The fraction of sp³-hybridized carbons (Fsp3) is 0.167. The zero-order chi connectivity index (χ0) is 14.1. The van der Waals surface area contributed by atoms with Crippen molar-refractivity contribution >= 4 is 11.6 Å². The maximum atomic E-state index is 11.0. The van der Waals surface area contributed by atoms with Gasteiger partial charge in [0, 0.05) is 18.9 Å². The summed E-state index contributed by atoms with van der Waals surface area (Å²) < 4.78 is 3.34. The van der Waals surface area contributed by atoms with Crippen molar-refractivity contribution in [2.24, 2.45) is 5.73 Å². The number of hydrogen-bond donors (Lipinski definition) is 2. The molecule has 0 fully saturated rings. The summed E-state index contributed by atoms with van der Waals surface area (Å²) in [5, 5.41) is 16.5. The number of carboxylic acid groups (broad SMARTS) is 1. The number of nitrogens with zero attached hydrogens (tertiary/aromatic N) is 5. The first-order chi connectivity index (χ1) is 9.69. The van der Waals surface area contributed by atoms with E-state index in [-0.39, 0.29) is 12.2 Å². The van der Waals surface area contributed by atoms with E-state index in [1.807, 2.05) is 35.0 Å². The van der Waals surface area contributed by atoms with Crippen LogP contribution in [0.3, 0.4) is 0 Å². The first kappa shape index (κ1) is 12.3. The van der Waals surface area contributed by atoms with Gasteiger partial charge in [0.05, 0.1) is 17.9 Å². The van der Waals surface area contributed by atoms with Gasteiger partial charge in [-0.1, -0.05) is 11.3 Å². The van der Waals surface area contributed by atoms with Gasteiger partial charge in [-0.05, 0) is 12.1 Å². The zero-order valence-electron chi connectivity index (χ0n) is 10.5. The van der Waals surface area contributed by atoms with E-state index in [1.54, 1.807) is 0 Å². The van der Waals surface area contributed by atoms with E-state index in [9.17, 15) is 4.79 Å². The minimum absolute atomic E-state index is 0.0575. The Hall–Kier alpha value is -2.74. The molecule has 0 saturated carbocycles. The molecule has 3 aromatic rings. The Balaban J connectivity index is 1.96. The number of fused-ring (bicyclic) bond motifs is 1. The number of imidazole rings is 1. The van der Waals surface area contributed by atoms with Crippen molar-refractivity contribution in [3.05, 3.63) is 47.7 Å². The smallest absolute Gasteiger partial charge is 0.358 e. The van der Waals surface area contributed by atoms with E-state index in [0.29, 0.717) is 12.2 Å². The van der Waals surface area contributed by atoms with Gasteiger partial charge in [-0.15, -0.1) is 5.10 Å². The highest BCUT2D eigenvalue weighted by molar-refractivity contribution is 5.86.